The highest BCUT2D eigenvalue weighted by Gasteiger charge is 2.00. The first-order valence-corrected chi connectivity index (χ1v) is 6.07. The Balaban J connectivity index is 2.07. The maximum atomic E-state index is 11.4. The van der Waals surface area contributed by atoms with E-state index in [9.17, 15) is 4.79 Å². The van der Waals surface area contributed by atoms with E-state index in [1.807, 2.05) is 18.2 Å². The number of carbonyl (C=O) groups is 1. The van der Waals surface area contributed by atoms with Crippen LogP contribution in [0.2, 0.25) is 0 Å². The average Bonchev–Trinajstić information content (AvgIpc) is 2.36. The van der Waals surface area contributed by atoms with E-state index in [1.54, 1.807) is 0 Å². The third-order valence-corrected chi connectivity index (χ3v) is 2.53. The second kappa shape index (κ2) is 8.41. The highest BCUT2D eigenvalue weighted by atomic mass is 16.1. The molecule has 1 N–H and O–H groups in total. The lowest BCUT2D eigenvalue weighted by Crippen LogP contribution is -2.24. The van der Waals surface area contributed by atoms with Crippen molar-refractivity contribution in [2.45, 2.75) is 32.1 Å². The van der Waals surface area contributed by atoms with E-state index in [-0.39, 0.29) is 5.91 Å². The quantitative estimate of drug-likeness (QED) is 0.565. The summed E-state index contributed by atoms with van der Waals surface area (Å²) in [6.45, 7) is 0.689. The Kier molecular flexibility index (Phi) is 6.59. The summed E-state index contributed by atoms with van der Waals surface area (Å²) < 4.78 is 0. The molecule has 0 saturated carbocycles. The molecule has 0 aliphatic rings. The number of aryl methyl sites for hydroxylation is 1. The SMILES string of the molecule is C#CCCCNC(=O)CCCc1ccccc1. The van der Waals surface area contributed by atoms with Gasteiger partial charge in [0, 0.05) is 19.4 Å². The Morgan fingerprint density at radius 2 is 2.00 bits per heavy atom. The fourth-order valence-electron chi connectivity index (χ4n) is 1.60. The van der Waals surface area contributed by atoms with Gasteiger partial charge in [0.05, 0.1) is 0 Å². The van der Waals surface area contributed by atoms with Crippen LogP contribution in [0.4, 0.5) is 0 Å². The van der Waals surface area contributed by atoms with Gasteiger partial charge in [-0.05, 0) is 24.8 Å². The summed E-state index contributed by atoms with van der Waals surface area (Å²) in [5.74, 6) is 2.68. The molecule has 0 saturated heterocycles. The summed E-state index contributed by atoms with van der Waals surface area (Å²) in [5.41, 5.74) is 1.28. The molecule has 1 rings (SSSR count). The maximum absolute atomic E-state index is 11.4. The van der Waals surface area contributed by atoms with Crippen LogP contribution >= 0.6 is 0 Å². The standard InChI is InChI=1S/C15H19NO/c1-2-3-7-13-16-15(17)12-8-11-14-9-5-4-6-10-14/h1,4-6,9-10H,3,7-8,11-13H2,(H,16,17). The molecule has 0 aromatic heterocycles. The Morgan fingerprint density at radius 3 is 2.71 bits per heavy atom. The van der Waals surface area contributed by atoms with Crippen LogP contribution < -0.4 is 5.32 Å². The summed E-state index contributed by atoms with van der Waals surface area (Å²) in [6, 6.07) is 10.2. The molecule has 2 heteroatoms. The van der Waals surface area contributed by atoms with Crippen molar-refractivity contribution in [2.24, 2.45) is 0 Å². The molecule has 2 nitrogen and oxygen atoms in total. The fourth-order valence-corrected chi connectivity index (χ4v) is 1.60. The van der Waals surface area contributed by atoms with E-state index in [1.165, 1.54) is 5.56 Å². The number of hydrogen-bond acceptors (Lipinski definition) is 1. The Labute approximate surface area is 103 Å². The minimum atomic E-state index is 0.123. The molecule has 0 spiro atoms. The normalized spacial score (nSPS) is 9.59. The zero-order chi connectivity index (χ0) is 12.3. The van der Waals surface area contributed by atoms with Gasteiger partial charge < -0.3 is 5.32 Å². The number of benzene rings is 1. The predicted molar refractivity (Wildman–Crippen MR) is 70.5 cm³/mol. The summed E-state index contributed by atoms with van der Waals surface area (Å²) in [7, 11) is 0. The lowest BCUT2D eigenvalue weighted by atomic mass is 10.1. The van der Waals surface area contributed by atoms with Crippen LogP contribution in [0.3, 0.4) is 0 Å². The first-order chi connectivity index (χ1) is 8.33. The predicted octanol–water partition coefficient (Wildman–Crippen LogP) is 2.54. The van der Waals surface area contributed by atoms with E-state index >= 15 is 0 Å². The van der Waals surface area contributed by atoms with Gasteiger partial charge in [0.25, 0.3) is 0 Å². The minimum Gasteiger partial charge on any atom is -0.356 e. The number of nitrogens with one attached hydrogen (secondary N) is 1. The number of amides is 1. The molecule has 0 fully saturated rings. The molecule has 0 radical (unpaired) electrons. The third-order valence-electron chi connectivity index (χ3n) is 2.53. The Morgan fingerprint density at radius 1 is 1.24 bits per heavy atom. The number of unbranched alkanes of at least 4 members (excludes halogenated alkanes) is 1. The van der Waals surface area contributed by atoms with Crippen LogP contribution in [0.5, 0.6) is 0 Å². The van der Waals surface area contributed by atoms with Gasteiger partial charge in [0.1, 0.15) is 0 Å². The smallest absolute Gasteiger partial charge is 0.220 e. The van der Waals surface area contributed by atoms with Gasteiger partial charge in [-0.15, -0.1) is 12.3 Å². The molecule has 0 unspecified atom stereocenters. The molecule has 0 heterocycles. The van der Waals surface area contributed by atoms with Crippen molar-refractivity contribution >= 4 is 5.91 Å². The van der Waals surface area contributed by atoms with Gasteiger partial charge in [-0.3, -0.25) is 4.79 Å². The largest absolute Gasteiger partial charge is 0.356 e. The fraction of sp³-hybridized carbons (Fsp3) is 0.400. The maximum Gasteiger partial charge on any atom is 0.220 e. The molecular formula is C15H19NO. The lowest BCUT2D eigenvalue weighted by molar-refractivity contribution is -0.121. The second-order valence-corrected chi connectivity index (χ2v) is 4.00. The van der Waals surface area contributed by atoms with Crippen molar-refractivity contribution < 1.29 is 4.79 Å². The third kappa shape index (κ3) is 6.42. The first-order valence-electron chi connectivity index (χ1n) is 6.07. The highest BCUT2D eigenvalue weighted by Crippen LogP contribution is 2.04. The van der Waals surface area contributed by atoms with Crippen LogP contribution in [-0.2, 0) is 11.2 Å². The van der Waals surface area contributed by atoms with Crippen LogP contribution in [0.1, 0.15) is 31.2 Å². The number of rotatable bonds is 7. The Hall–Kier alpha value is -1.75. The topological polar surface area (TPSA) is 29.1 Å². The van der Waals surface area contributed by atoms with Crippen molar-refractivity contribution in [3.8, 4) is 12.3 Å². The van der Waals surface area contributed by atoms with Crippen LogP contribution in [0.15, 0.2) is 30.3 Å². The van der Waals surface area contributed by atoms with Gasteiger partial charge >= 0.3 is 0 Å². The molecule has 0 bridgehead atoms. The monoisotopic (exact) mass is 229 g/mol. The number of carbonyl (C=O) groups excluding carboxylic acids is 1. The van der Waals surface area contributed by atoms with Gasteiger partial charge in [-0.2, -0.15) is 0 Å². The molecule has 17 heavy (non-hydrogen) atoms. The van der Waals surface area contributed by atoms with E-state index in [4.69, 9.17) is 6.42 Å². The van der Waals surface area contributed by atoms with Crippen LogP contribution in [0.25, 0.3) is 0 Å². The first kappa shape index (κ1) is 13.3. The molecule has 0 aliphatic heterocycles. The summed E-state index contributed by atoms with van der Waals surface area (Å²) in [4.78, 5) is 11.4. The summed E-state index contributed by atoms with van der Waals surface area (Å²) in [6.07, 6.45) is 9.15. The van der Waals surface area contributed by atoms with Gasteiger partial charge in [0.15, 0.2) is 0 Å². The molecular weight excluding hydrogens is 210 g/mol. The number of terminal acetylenes is 1. The van der Waals surface area contributed by atoms with Crippen LogP contribution in [-0.4, -0.2) is 12.5 Å². The zero-order valence-corrected chi connectivity index (χ0v) is 10.1. The van der Waals surface area contributed by atoms with Crippen molar-refractivity contribution in [1.82, 2.24) is 5.32 Å². The molecule has 1 aromatic carbocycles. The molecule has 0 aliphatic carbocycles. The lowest BCUT2D eigenvalue weighted by Gasteiger charge is -2.04. The van der Waals surface area contributed by atoms with Gasteiger partial charge in [-0.25, -0.2) is 0 Å². The average molecular weight is 229 g/mol. The van der Waals surface area contributed by atoms with E-state index in [2.05, 4.69) is 23.4 Å². The van der Waals surface area contributed by atoms with Crippen molar-refractivity contribution in [3.63, 3.8) is 0 Å². The summed E-state index contributed by atoms with van der Waals surface area (Å²) in [5, 5.41) is 2.87. The van der Waals surface area contributed by atoms with Crippen LogP contribution in [0, 0.1) is 12.3 Å². The zero-order valence-electron chi connectivity index (χ0n) is 10.1. The van der Waals surface area contributed by atoms with Gasteiger partial charge in [0.2, 0.25) is 5.91 Å². The molecule has 0 atom stereocenters. The molecule has 90 valence electrons. The van der Waals surface area contributed by atoms with Gasteiger partial charge in [-0.1, -0.05) is 30.3 Å². The van der Waals surface area contributed by atoms with Crippen molar-refractivity contribution in [3.05, 3.63) is 35.9 Å². The minimum absolute atomic E-state index is 0.123. The van der Waals surface area contributed by atoms with E-state index in [0.717, 1.165) is 25.7 Å². The highest BCUT2D eigenvalue weighted by molar-refractivity contribution is 5.75. The molecule has 1 aromatic rings. The van der Waals surface area contributed by atoms with Crippen molar-refractivity contribution in [1.29, 1.82) is 0 Å². The molecule has 1 amide bonds. The Bertz CT molecular complexity index is 364. The second-order valence-electron chi connectivity index (χ2n) is 4.00. The number of hydrogen-bond donors (Lipinski definition) is 1. The van der Waals surface area contributed by atoms with E-state index in [0.29, 0.717) is 13.0 Å². The van der Waals surface area contributed by atoms with Crippen molar-refractivity contribution in [2.75, 3.05) is 6.54 Å². The summed E-state index contributed by atoms with van der Waals surface area (Å²) >= 11 is 0. The van der Waals surface area contributed by atoms with E-state index < -0.39 is 0 Å².